The van der Waals surface area contributed by atoms with E-state index in [1.165, 1.54) is 5.57 Å². The monoisotopic (exact) mass is 1040 g/mol. The van der Waals surface area contributed by atoms with Gasteiger partial charge in [-0.3, -0.25) is 9.59 Å². The van der Waals surface area contributed by atoms with Crippen LogP contribution in [0, 0.1) is 18.4 Å². The largest absolute Gasteiger partial charge is 0.371 e. The van der Waals surface area contributed by atoms with E-state index in [0.29, 0.717) is 38.1 Å². The van der Waals surface area contributed by atoms with Crippen molar-refractivity contribution in [2.45, 2.75) is 154 Å². The van der Waals surface area contributed by atoms with Crippen molar-refractivity contribution in [3.05, 3.63) is 23.1 Å². The van der Waals surface area contributed by atoms with Crippen LogP contribution in [0.25, 0.3) is 4.85 Å². The van der Waals surface area contributed by atoms with Gasteiger partial charge in [-0.25, -0.2) is 6.57 Å². The van der Waals surface area contributed by atoms with Crippen LogP contribution in [-0.4, -0.2) is 60.0 Å². The third kappa shape index (κ3) is 10.9. The fraction of sp³-hybridized carbons (Fsp3) is 0.839. The van der Waals surface area contributed by atoms with Gasteiger partial charge in [-0.15, -0.1) is 24.0 Å². The molecule has 0 aromatic rings. The Morgan fingerprint density at radius 2 is 1.83 bits per heavy atom. The SMILES string of the molecule is CCCC[C@H]1CC(=O)[C@H](CCC2C[C@@H](C)C(=O)O2)O1.I.I[I-]I.[C-]#[N+][C@H](C)C[C@H]1CC[C@@H]2O[C@@H]3C[C@]2(C=C(C)C3C)O1. The summed E-state index contributed by atoms with van der Waals surface area (Å²) in [6.45, 7) is 17.6. The van der Waals surface area contributed by atoms with Crippen molar-refractivity contribution in [3.8, 4) is 0 Å². The Morgan fingerprint density at radius 3 is 2.45 bits per heavy atom. The molecular weight excluding hydrogens is 990 g/mol. The molecule has 5 aliphatic rings. The average Bonchev–Trinajstić information content (AvgIpc) is 3.57. The molecule has 7 nitrogen and oxygen atoms in total. The van der Waals surface area contributed by atoms with Gasteiger partial charge in [0.15, 0.2) is 5.78 Å². The van der Waals surface area contributed by atoms with E-state index in [0.717, 1.165) is 57.8 Å². The number of ether oxygens (including phenoxy) is 4. The molecule has 4 fully saturated rings. The molecule has 4 saturated heterocycles. The molecule has 1 spiro atoms. The van der Waals surface area contributed by atoms with Crippen LogP contribution in [0.3, 0.4) is 0 Å². The average molecular weight is 1040 g/mol. The first-order valence-corrected chi connectivity index (χ1v) is 27.8. The summed E-state index contributed by atoms with van der Waals surface area (Å²) < 4.78 is 23.7. The molecule has 4 aliphatic heterocycles. The summed E-state index contributed by atoms with van der Waals surface area (Å²) in [5, 5.41) is 0. The van der Waals surface area contributed by atoms with E-state index in [1.807, 2.05) is 13.8 Å². The van der Waals surface area contributed by atoms with Gasteiger partial charge in [0.2, 0.25) is 6.04 Å². The van der Waals surface area contributed by atoms with Crippen LogP contribution in [0.2, 0.25) is 0 Å². The zero-order valence-electron chi connectivity index (χ0n) is 25.5. The van der Waals surface area contributed by atoms with Crippen LogP contribution in [0.1, 0.15) is 105 Å². The van der Waals surface area contributed by atoms with Gasteiger partial charge in [-0.1, -0.05) is 45.3 Å². The van der Waals surface area contributed by atoms with Gasteiger partial charge in [0.1, 0.15) is 17.8 Å². The standard InChI is InChI=1S/C16H23NO2.C15H24O4.I3.HI/c1-10-8-16-9-14(12(10)3)18-15(16)6-5-13(19-16)7-11(2)17-4;1-3-4-5-11-9-13(16)14(18-11)7-6-12-8-10(2)15(17)19-12;1-3-2;/h8,11-15H,5-7,9H2,1-3H3;10-12,14H,3-9H2,1-2H3;;1H/q;;-1;/t11-,12?,13-,14-,15+,16+;10-,11+,12?,14+;;/m11../s1. The van der Waals surface area contributed by atoms with Crippen molar-refractivity contribution in [3.63, 3.8) is 0 Å². The van der Waals surface area contributed by atoms with E-state index in [-0.39, 0.29) is 83.8 Å². The number of rotatable bonds is 8. The Hall–Kier alpha value is 1.17. The molecule has 11 heteroatoms. The number of fused-ring (bicyclic) bond motifs is 1. The normalized spacial score (nSPS) is 37.1. The second-order valence-corrected chi connectivity index (χ2v) is 28.7. The molecule has 242 valence electrons. The number of Topliss-reactive ketones (excluding diaryl/α,β-unsaturated/α-hetero) is 1. The van der Waals surface area contributed by atoms with Gasteiger partial charge in [-0.05, 0) is 45.4 Å². The summed E-state index contributed by atoms with van der Waals surface area (Å²) >= 11 is 5.30. The molecule has 2 unspecified atom stereocenters. The van der Waals surface area contributed by atoms with Crippen LogP contribution < -0.4 is 13.3 Å². The molecule has 0 aromatic carbocycles. The van der Waals surface area contributed by atoms with Gasteiger partial charge >= 0.3 is 56.5 Å². The number of hydrogen-bond donors (Lipinski definition) is 0. The summed E-state index contributed by atoms with van der Waals surface area (Å²) in [6, 6.07) is 0.0589. The molecule has 5 rings (SSSR count). The predicted octanol–water partition coefficient (Wildman–Crippen LogP) is 5.38. The topological polar surface area (TPSA) is 75.4 Å². The van der Waals surface area contributed by atoms with E-state index in [2.05, 4.69) is 68.9 Å². The quantitative estimate of drug-likeness (QED) is 0.141. The second kappa shape index (κ2) is 19.1. The molecule has 1 aliphatic carbocycles. The molecule has 10 atom stereocenters. The number of esters is 1. The van der Waals surface area contributed by atoms with Crippen LogP contribution in [0.5, 0.6) is 0 Å². The van der Waals surface area contributed by atoms with Crippen molar-refractivity contribution in [1.82, 2.24) is 0 Å². The smallest absolute Gasteiger partial charge is 0.223 e. The van der Waals surface area contributed by atoms with Crippen molar-refractivity contribution >= 4 is 73.0 Å². The minimum atomic E-state index is -0.267. The van der Waals surface area contributed by atoms with Crippen molar-refractivity contribution in [1.29, 1.82) is 0 Å². The molecule has 0 radical (unpaired) electrons. The van der Waals surface area contributed by atoms with Gasteiger partial charge in [-0.2, -0.15) is 0 Å². The number of hydrogen-bond acceptors (Lipinski definition) is 6. The minimum Gasteiger partial charge on any atom is -0.371 e. The molecule has 42 heavy (non-hydrogen) atoms. The van der Waals surface area contributed by atoms with Crippen LogP contribution in [0.15, 0.2) is 11.6 Å². The third-order valence-corrected chi connectivity index (χ3v) is 9.19. The van der Waals surface area contributed by atoms with Crippen LogP contribution in [0.4, 0.5) is 0 Å². The number of ketones is 1. The number of nitrogens with zero attached hydrogens (tertiary/aromatic N) is 1. The fourth-order valence-corrected chi connectivity index (χ4v) is 6.73. The van der Waals surface area contributed by atoms with Gasteiger partial charge in [0.25, 0.3) is 0 Å². The Kier molecular flexibility index (Phi) is 17.9. The summed E-state index contributed by atoms with van der Waals surface area (Å²) in [4.78, 5) is 26.7. The molecule has 0 N–H and O–H groups in total. The number of carbonyl (C=O) groups excluding carboxylic acids is 2. The first-order valence-electron chi connectivity index (χ1n) is 15.2. The van der Waals surface area contributed by atoms with Crippen LogP contribution >= 0.6 is 61.2 Å². The number of carbonyl (C=O) groups is 2. The van der Waals surface area contributed by atoms with E-state index in [9.17, 15) is 9.59 Å². The number of unbranched alkanes of at least 4 members (excludes halogenated alkanes) is 1. The Labute approximate surface area is 299 Å². The van der Waals surface area contributed by atoms with E-state index >= 15 is 0 Å². The van der Waals surface area contributed by atoms with Crippen molar-refractivity contribution < 1.29 is 41.8 Å². The number of halogens is 4. The van der Waals surface area contributed by atoms with Crippen LogP contribution in [-0.2, 0) is 28.5 Å². The maximum absolute atomic E-state index is 11.8. The van der Waals surface area contributed by atoms with Gasteiger partial charge in [0, 0.05) is 32.1 Å². The van der Waals surface area contributed by atoms with E-state index in [4.69, 9.17) is 25.5 Å². The maximum Gasteiger partial charge on any atom is 0.223 e. The van der Waals surface area contributed by atoms with Crippen molar-refractivity contribution in [2.75, 3.05) is 0 Å². The maximum atomic E-state index is 11.8. The van der Waals surface area contributed by atoms with Crippen molar-refractivity contribution in [2.24, 2.45) is 11.8 Å². The summed E-state index contributed by atoms with van der Waals surface area (Å²) in [6.07, 6.45) is 12.9. The molecule has 2 bridgehead atoms. The Bertz CT molecular complexity index is 960. The zero-order valence-corrected chi connectivity index (χ0v) is 34.3. The Morgan fingerprint density at radius 1 is 1.12 bits per heavy atom. The van der Waals surface area contributed by atoms with Gasteiger partial charge < -0.3 is 23.8 Å². The Balaban J connectivity index is 0.000000263. The molecule has 4 heterocycles. The van der Waals surface area contributed by atoms with E-state index < -0.39 is 0 Å². The second-order valence-electron chi connectivity index (χ2n) is 12.4. The summed E-state index contributed by atoms with van der Waals surface area (Å²) in [7, 11) is 0. The first-order chi connectivity index (χ1) is 19.5. The van der Waals surface area contributed by atoms with Gasteiger partial charge in [0.05, 0.1) is 30.3 Å². The third-order valence-electron chi connectivity index (χ3n) is 9.19. The predicted molar refractivity (Wildman–Crippen MR) is 188 cm³/mol. The molecular formula is C31H48I4NO6-. The van der Waals surface area contributed by atoms with E-state index in [1.54, 1.807) is 0 Å². The zero-order chi connectivity index (χ0) is 30.2. The molecule has 0 aromatic heterocycles. The molecule has 0 amide bonds. The fourth-order valence-electron chi connectivity index (χ4n) is 6.73. The minimum absolute atomic E-state index is 0. The summed E-state index contributed by atoms with van der Waals surface area (Å²) in [5.74, 6) is 0.630. The molecule has 0 saturated carbocycles. The summed E-state index contributed by atoms with van der Waals surface area (Å²) in [5.41, 5.74) is 1.21. The number of cyclic esters (lactones) is 1. The first kappa shape index (κ1) is 39.3.